The number of carbonyl (C=O) groups excluding carboxylic acids is 3. The molecular weight excluding hydrogens is 380 g/mol. The van der Waals surface area contributed by atoms with Crippen LogP contribution in [-0.4, -0.2) is 36.5 Å². The van der Waals surface area contributed by atoms with Gasteiger partial charge in [-0.25, -0.2) is 4.79 Å². The molecule has 1 fully saturated rings. The number of nitrogens with one attached hydrogen (secondary N) is 2. The summed E-state index contributed by atoms with van der Waals surface area (Å²) in [5.74, 6) is 1.67. The zero-order valence-electron chi connectivity index (χ0n) is 20.1. The van der Waals surface area contributed by atoms with Crippen molar-refractivity contribution in [3.63, 3.8) is 0 Å². The van der Waals surface area contributed by atoms with E-state index in [0.717, 1.165) is 32.0 Å². The Bertz CT molecular complexity index is 547. The van der Waals surface area contributed by atoms with Crippen LogP contribution in [0.2, 0.25) is 0 Å². The molecule has 1 aliphatic carbocycles. The minimum absolute atomic E-state index is 0.120. The number of aldehydes is 1. The Kier molecular flexibility index (Phi) is 11.4. The molecule has 0 aromatic heterocycles. The molecule has 0 spiro atoms. The zero-order valence-corrected chi connectivity index (χ0v) is 20.1. The van der Waals surface area contributed by atoms with E-state index >= 15 is 0 Å². The van der Waals surface area contributed by atoms with Gasteiger partial charge in [0, 0.05) is 0 Å². The highest BCUT2D eigenvalue weighted by Gasteiger charge is 2.34. The topological polar surface area (TPSA) is 84.5 Å². The lowest BCUT2D eigenvalue weighted by atomic mass is 9.75. The monoisotopic (exact) mass is 424 g/mol. The van der Waals surface area contributed by atoms with Gasteiger partial charge >= 0.3 is 6.09 Å². The number of ether oxygens (including phenoxy) is 1. The van der Waals surface area contributed by atoms with E-state index in [1.54, 1.807) is 0 Å². The molecule has 2 N–H and O–H groups in total. The van der Waals surface area contributed by atoms with Crippen LogP contribution in [0.5, 0.6) is 0 Å². The standard InChI is InChI=1S/C24H44N2O4/c1-15(2)8-10-19(14-27)25-23(28)21(12-16(3)4)26-24(29)30-22-13-18(7)9-11-20(22)17(5)6/h14-22H,8-13H2,1-7H3,(H,25,28)(H,26,29). The van der Waals surface area contributed by atoms with Gasteiger partial charge in [0.15, 0.2) is 0 Å². The summed E-state index contributed by atoms with van der Waals surface area (Å²) in [7, 11) is 0. The van der Waals surface area contributed by atoms with Crippen molar-refractivity contribution in [1.82, 2.24) is 10.6 Å². The fraction of sp³-hybridized carbons (Fsp3) is 0.875. The first-order chi connectivity index (χ1) is 14.0. The van der Waals surface area contributed by atoms with E-state index in [2.05, 4.69) is 45.3 Å². The normalized spacial score (nSPS) is 23.9. The Morgan fingerprint density at radius 3 is 2.20 bits per heavy atom. The van der Waals surface area contributed by atoms with Crippen LogP contribution in [-0.2, 0) is 14.3 Å². The molecule has 6 heteroatoms. The third-order valence-electron chi connectivity index (χ3n) is 6.08. The second kappa shape index (κ2) is 13.0. The average Bonchev–Trinajstić information content (AvgIpc) is 2.63. The van der Waals surface area contributed by atoms with E-state index < -0.39 is 18.2 Å². The van der Waals surface area contributed by atoms with Crippen LogP contribution in [0.15, 0.2) is 0 Å². The van der Waals surface area contributed by atoms with Crippen molar-refractivity contribution in [3.8, 4) is 0 Å². The molecule has 0 saturated heterocycles. The number of hydrogen-bond acceptors (Lipinski definition) is 4. The maximum atomic E-state index is 12.8. The second-order valence-electron chi connectivity index (χ2n) is 10.3. The number of alkyl carbamates (subject to hydrolysis) is 1. The van der Waals surface area contributed by atoms with Crippen LogP contribution >= 0.6 is 0 Å². The SMILES string of the molecule is CC(C)CCC(C=O)NC(=O)C(CC(C)C)NC(=O)OC1CC(C)CCC1C(C)C. The molecule has 5 unspecified atom stereocenters. The summed E-state index contributed by atoms with van der Waals surface area (Å²) >= 11 is 0. The largest absolute Gasteiger partial charge is 0.446 e. The Balaban J connectivity index is 2.74. The molecule has 1 aliphatic rings. The van der Waals surface area contributed by atoms with Gasteiger partial charge in [-0.3, -0.25) is 4.79 Å². The molecule has 2 amide bonds. The van der Waals surface area contributed by atoms with Crippen LogP contribution < -0.4 is 10.6 Å². The molecule has 1 rings (SSSR count). The summed E-state index contributed by atoms with van der Waals surface area (Å²) in [5.41, 5.74) is 0. The Labute approximate surface area is 183 Å². The van der Waals surface area contributed by atoms with Crippen LogP contribution in [0.1, 0.15) is 87.0 Å². The van der Waals surface area contributed by atoms with E-state index in [1.807, 2.05) is 13.8 Å². The van der Waals surface area contributed by atoms with E-state index in [-0.39, 0.29) is 17.9 Å². The van der Waals surface area contributed by atoms with Crippen molar-refractivity contribution in [2.24, 2.45) is 29.6 Å². The second-order valence-corrected chi connectivity index (χ2v) is 10.3. The summed E-state index contributed by atoms with van der Waals surface area (Å²) in [5, 5.41) is 5.57. The minimum atomic E-state index is -0.711. The van der Waals surface area contributed by atoms with Gasteiger partial charge < -0.3 is 20.2 Å². The highest BCUT2D eigenvalue weighted by atomic mass is 16.6. The first-order valence-corrected chi connectivity index (χ1v) is 11.8. The highest BCUT2D eigenvalue weighted by molar-refractivity contribution is 5.87. The highest BCUT2D eigenvalue weighted by Crippen LogP contribution is 2.35. The summed E-state index contributed by atoms with van der Waals surface area (Å²) < 4.78 is 5.81. The third kappa shape index (κ3) is 9.48. The maximum Gasteiger partial charge on any atom is 0.408 e. The summed E-state index contributed by atoms with van der Waals surface area (Å²) in [4.78, 5) is 36.9. The molecule has 6 nitrogen and oxygen atoms in total. The van der Waals surface area contributed by atoms with E-state index in [4.69, 9.17) is 4.74 Å². The van der Waals surface area contributed by atoms with Gasteiger partial charge in [0.1, 0.15) is 18.4 Å². The van der Waals surface area contributed by atoms with Crippen molar-refractivity contribution in [1.29, 1.82) is 0 Å². The van der Waals surface area contributed by atoms with Gasteiger partial charge in [0.05, 0.1) is 6.04 Å². The smallest absolute Gasteiger partial charge is 0.408 e. The molecule has 0 aliphatic heterocycles. The molecule has 30 heavy (non-hydrogen) atoms. The average molecular weight is 425 g/mol. The molecule has 174 valence electrons. The van der Waals surface area contributed by atoms with E-state index in [9.17, 15) is 14.4 Å². The summed E-state index contributed by atoms with van der Waals surface area (Å²) in [6.07, 6.45) is 5.14. The molecule has 0 bridgehead atoms. The number of amides is 2. The van der Waals surface area contributed by atoms with E-state index in [0.29, 0.717) is 36.5 Å². The van der Waals surface area contributed by atoms with Crippen molar-refractivity contribution < 1.29 is 19.1 Å². The van der Waals surface area contributed by atoms with Gasteiger partial charge in [-0.2, -0.15) is 0 Å². The summed E-state index contributed by atoms with van der Waals surface area (Å²) in [6, 6.07) is -1.24. The number of carbonyl (C=O) groups is 3. The van der Waals surface area contributed by atoms with Gasteiger partial charge in [-0.15, -0.1) is 0 Å². The lowest BCUT2D eigenvalue weighted by molar-refractivity contribution is -0.126. The quantitative estimate of drug-likeness (QED) is 0.471. The lowest BCUT2D eigenvalue weighted by Gasteiger charge is -2.37. The van der Waals surface area contributed by atoms with Crippen molar-refractivity contribution >= 4 is 18.3 Å². The van der Waals surface area contributed by atoms with Crippen molar-refractivity contribution in [2.45, 2.75) is 105 Å². The fourth-order valence-corrected chi connectivity index (χ4v) is 4.24. The molecule has 0 aromatic rings. The van der Waals surface area contributed by atoms with Crippen molar-refractivity contribution in [3.05, 3.63) is 0 Å². The molecule has 0 aromatic carbocycles. The first-order valence-electron chi connectivity index (χ1n) is 11.8. The van der Waals surface area contributed by atoms with Gasteiger partial charge in [0.2, 0.25) is 5.91 Å². The Morgan fingerprint density at radius 2 is 1.67 bits per heavy atom. The fourth-order valence-electron chi connectivity index (χ4n) is 4.24. The predicted molar refractivity (Wildman–Crippen MR) is 120 cm³/mol. The van der Waals surface area contributed by atoms with Gasteiger partial charge in [-0.1, -0.05) is 54.9 Å². The molecule has 0 heterocycles. The van der Waals surface area contributed by atoms with Crippen LogP contribution in [0.4, 0.5) is 4.79 Å². The zero-order chi connectivity index (χ0) is 22.8. The molecule has 0 radical (unpaired) electrons. The van der Waals surface area contributed by atoms with Crippen LogP contribution in [0, 0.1) is 29.6 Å². The maximum absolute atomic E-state index is 12.8. The lowest BCUT2D eigenvalue weighted by Crippen LogP contribution is -2.51. The predicted octanol–water partition coefficient (Wildman–Crippen LogP) is 4.71. The Morgan fingerprint density at radius 1 is 1.00 bits per heavy atom. The van der Waals surface area contributed by atoms with Gasteiger partial charge in [0.25, 0.3) is 0 Å². The number of rotatable bonds is 11. The third-order valence-corrected chi connectivity index (χ3v) is 6.08. The van der Waals surface area contributed by atoms with E-state index in [1.165, 1.54) is 0 Å². The van der Waals surface area contributed by atoms with Crippen LogP contribution in [0.3, 0.4) is 0 Å². The van der Waals surface area contributed by atoms with Crippen molar-refractivity contribution in [2.75, 3.05) is 0 Å². The Hall–Kier alpha value is -1.59. The number of hydrogen-bond donors (Lipinski definition) is 2. The first kappa shape index (κ1) is 26.4. The summed E-state index contributed by atoms with van der Waals surface area (Å²) in [6.45, 7) is 14.7. The molecule has 5 atom stereocenters. The molecular formula is C24H44N2O4. The van der Waals surface area contributed by atoms with Crippen LogP contribution in [0.25, 0.3) is 0 Å². The minimum Gasteiger partial charge on any atom is -0.446 e. The van der Waals surface area contributed by atoms with Gasteiger partial charge in [-0.05, 0) is 61.7 Å². The molecule has 1 saturated carbocycles.